The molecule has 1 aromatic carbocycles. The number of hydrogen-bond acceptors (Lipinski definition) is 7. The molecule has 6 rings (SSSR count). The highest BCUT2D eigenvalue weighted by atomic mass is 16.5. The van der Waals surface area contributed by atoms with Gasteiger partial charge < -0.3 is 20.3 Å². The number of benzene rings is 1. The molecule has 2 fully saturated rings. The van der Waals surface area contributed by atoms with Crippen molar-refractivity contribution in [3.63, 3.8) is 0 Å². The lowest BCUT2D eigenvalue weighted by atomic mass is 9.85. The highest BCUT2D eigenvalue weighted by Crippen LogP contribution is 2.40. The van der Waals surface area contributed by atoms with E-state index in [1.807, 2.05) is 32.0 Å². The second kappa shape index (κ2) is 5.91. The molecular formula is C21H23N7O2. The number of aromatic nitrogens is 4. The van der Waals surface area contributed by atoms with E-state index >= 15 is 0 Å². The number of nitrogens with zero attached hydrogens (tertiary/aromatic N) is 5. The quantitative estimate of drug-likeness (QED) is 0.690. The van der Waals surface area contributed by atoms with Crippen LogP contribution in [0.2, 0.25) is 0 Å². The predicted octanol–water partition coefficient (Wildman–Crippen LogP) is 2.32. The molecule has 0 unspecified atom stereocenters. The van der Waals surface area contributed by atoms with Gasteiger partial charge >= 0.3 is 0 Å². The summed E-state index contributed by atoms with van der Waals surface area (Å²) in [5, 5.41) is 10.8. The van der Waals surface area contributed by atoms with Crippen molar-refractivity contribution in [2.45, 2.75) is 25.7 Å². The average Bonchev–Trinajstić information content (AvgIpc) is 3.36. The van der Waals surface area contributed by atoms with Crippen LogP contribution >= 0.6 is 0 Å². The molecule has 30 heavy (non-hydrogen) atoms. The number of ether oxygens (including phenoxy) is 1. The van der Waals surface area contributed by atoms with Gasteiger partial charge in [-0.1, -0.05) is 6.07 Å². The van der Waals surface area contributed by atoms with E-state index in [2.05, 4.69) is 25.6 Å². The van der Waals surface area contributed by atoms with Gasteiger partial charge in [0.1, 0.15) is 0 Å². The van der Waals surface area contributed by atoms with E-state index in [1.54, 1.807) is 16.9 Å². The molecule has 154 valence electrons. The number of amides is 1. The summed E-state index contributed by atoms with van der Waals surface area (Å²) in [6.45, 7) is 7.41. The zero-order chi connectivity index (χ0) is 20.5. The molecule has 5 heterocycles. The Kier molecular flexibility index (Phi) is 3.48. The zero-order valence-corrected chi connectivity index (χ0v) is 17.0. The van der Waals surface area contributed by atoms with Crippen molar-refractivity contribution in [2.75, 3.05) is 41.8 Å². The summed E-state index contributed by atoms with van der Waals surface area (Å²) in [5.74, 6) is 1.36. The third kappa shape index (κ3) is 2.51. The second-order valence-corrected chi connectivity index (χ2v) is 9.08. The first-order valence-electron chi connectivity index (χ1n) is 10.2. The standard InChI is InChI=1S/C21H23N7O2/c1-20(2)14-4-3-13(9-15(14)24-18(20)29)23-19-25-17-16(22-6-8-28(17)26-19)27-7-5-21(10-27)11-30-12-21/h3-4,6,8-9H,5,7,10-12H2,1-2H3,(H,23,26)(H,24,29). The molecule has 0 radical (unpaired) electrons. The maximum Gasteiger partial charge on any atom is 0.247 e. The Labute approximate surface area is 173 Å². The summed E-state index contributed by atoms with van der Waals surface area (Å²) in [5.41, 5.74) is 3.13. The number of rotatable bonds is 3. The Hall–Kier alpha value is -3.20. The third-order valence-corrected chi connectivity index (χ3v) is 6.56. The molecule has 2 N–H and O–H groups in total. The van der Waals surface area contributed by atoms with E-state index in [0.29, 0.717) is 5.95 Å². The van der Waals surface area contributed by atoms with Crippen LogP contribution in [0, 0.1) is 5.41 Å². The van der Waals surface area contributed by atoms with Gasteiger partial charge in [0.15, 0.2) is 11.5 Å². The molecule has 1 spiro atoms. The molecule has 1 amide bonds. The van der Waals surface area contributed by atoms with Gasteiger partial charge in [-0.2, -0.15) is 4.98 Å². The molecule has 3 aliphatic rings. The molecule has 9 heteroatoms. The minimum atomic E-state index is -0.520. The lowest BCUT2D eigenvalue weighted by Crippen LogP contribution is -2.44. The zero-order valence-electron chi connectivity index (χ0n) is 17.0. The molecule has 3 aromatic rings. The van der Waals surface area contributed by atoms with Crippen LogP contribution in [0.4, 0.5) is 23.1 Å². The van der Waals surface area contributed by atoms with Crippen LogP contribution in [0.25, 0.3) is 5.65 Å². The topological polar surface area (TPSA) is 96.7 Å². The molecule has 0 aliphatic carbocycles. The molecule has 9 nitrogen and oxygen atoms in total. The minimum absolute atomic E-state index is 0.0106. The SMILES string of the molecule is CC1(C)C(=O)Nc2cc(Nc3nc4c(N5CCC6(COC6)C5)nccn4n3)ccc21. The first kappa shape index (κ1) is 17.6. The van der Waals surface area contributed by atoms with Gasteiger partial charge in [0.2, 0.25) is 11.9 Å². The van der Waals surface area contributed by atoms with Crippen LogP contribution in [0.1, 0.15) is 25.8 Å². The van der Waals surface area contributed by atoms with E-state index in [-0.39, 0.29) is 11.3 Å². The highest BCUT2D eigenvalue weighted by Gasteiger charge is 2.45. The summed E-state index contributed by atoms with van der Waals surface area (Å²) >= 11 is 0. The fourth-order valence-electron chi connectivity index (χ4n) is 4.62. The van der Waals surface area contributed by atoms with Crippen LogP contribution in [-0.2, 0) is 14.9 Å². The van der Waals surface area contributed by atoms with Gasteiger partial charge in [-0.3, -0.25) is 4.79 Å². The fourth-order valence-corrected chi connectivity index (χ4v) is 4.62. The Balaban J connectivity index is 1.29. The molecular weight excluding hydrogens is 382 g/mol. The summed E-state index contributed by atoms with van der Waals surface area (Å²) in [6, 6.07) is 5.85. The Morgan fingerprint density at radius 3 is 2.90 bits per heavy atom. The van der Waals surface area contributed by atoms with Gasteiger partial charge in [-0.15, -0.1) is 5.10 Å². The minimum Gasteiger partial charge on any atom is -0.380 e. The first-order chi connectivity index (χ1) is 14.4. The third-order valence-electron chi connectivity index (χ3n) is 6.56. The van der Waals surface area contributed by atoms with E-state index in [9.17, 15) is 4.79 Å². The number of carbonyl (C=O) groups excluding carboxylic acids is 1. The molecule has 0 saturated carbocycles. The molecule has 0 bridgehead atoms. The Morgan fingerprint density at radius 1 is 1.27 bits per heavy atom. The normalized spacial score (nSPS) is 21.0. The number of nitrogens with one attached hydrogen (secondary N) is 2. The maximum atomic E-state index is 12.2. The maximum absolute atomic E-state index is 12.2. The van der Waals surface area contributed by atoms with Crippen molar-refractivity contribution in [3.8, 4) is 0 Å². The monoisotopic (exact) mass is 405 g/mol. The summed E-state index contributed by atoms with van der Waals surface area (Å²) in [7, 11) is 0. The van der Waals surface area contributed by atoms with Gasteiger partial charge in [0, 0.05) is 42.3 Å². The van der Waals surface area contributed by atoms with Crippen molar-refractivity contribution in [2.24, 2.45) is 5.41 Å². The van der Waals surface area contributed by atoms with Crippen molar-refractivity contribution in [1.29, 1.82) is 0 Å². The smallest absolute Gasteiger partial charge is 0.247 e. The van der Waals surface area contributed by atoms with Crippen LogP contribution in [0.3, 0.4) is 0 Å². The number of hydrogen-bond donors (Lipinski definition) is 2. The molecule has 0 atom stereocenters. The Bertz CT molecular complexity index is 1180. The number of carbonyl (C=O) groups is 1. The first-order valence-corrected chi connectivity index (χ1v) is 10.2. The molecule has 2 saturated heterocycles. The largest absolute Gasteiger partial charge is 0.380 e. The van der Waals surface area contributed by atoms with E-state index in [0.717, 1.165) is 61.1 Å². The van der Waals surface area contributed by atoms with E-state index in [1.165, 1.54) is 0 Å². The Morgan fingerprint density at radius 2 is 2.13 bits per heavy atom. The van der Waals surface area contributed by atoms with Crippen molar-refractivity contribution in [1.82, 2.24) is 19.6 Å². The van der Waals surface area contributed by atoms with Crippen molar-refractivity contribution >= 4 is 34.7 Å². The lowest BCUT2D eigenvalue weighted by molar-refractivity contribution is -0.119. The molecule has 3 aliphatic heterocycles. The fraction of sp³-hybridized carbons (Fsp3) is 0.429. The van der Waals surface area contributed by atoms with Crippen molar-refractivity contribution in [3.05, 3.63) is 36.2 Å². The average molecular weight is 405 g/mol. The van der Waals surface area contributed by atoms with Crippen LogP contribution in [0.15, 0.2) is 30.6 Å². The van der Waals surface area contributed by atoms with Gasteiger partial charge in [0.25, 0.3) is 0 Å². The second-order valence-electron chi connectivity index (χ2n) is 9.08. The van der Waals surface area contributed by atoms with Crippen LogP contribution < -0.4 is 15.5 Å². The van der Waals surface area contributed by atoms with Crippen molar-refractivity contribution < 1.29 is 9.53 Å². The number of fused-ring (bicyclic) bond motifs is 2. The summed E-state index contributed by atoms with van der Waals surface area (Å²) in [6.07, 6.45) is 4.68. The van der Waals surface area contributed by atoms with E-state index < -0.39 is 5.41 Å². The highest BCUT2D eigenvalue weighted by molar-refractivity contribution is 6.06. The van der Waals surface area contributed by atoms with Crippen LogP contribution in [-0.4, -0.2) is 51.8 Å². The number of anilines is 4. The van der Waals surface area contributed by atoms with Gasteiger partial charge in [0.05, 0.1) is 18.6 Å². The molecule has 2 aromatic heterocycles. The van der Waals surface area contributed by atoms with E-state index in [4.69, 9.17) is 9.72 Å². The van der Waals surface area contributed by atoms with Gasteiger partial charge in [-0.05, 0) is 38.0 Å². The predicted molar refractivity (Wildman–Crippen MR) is 112 cm³/mol. The summed E-state index contributed by atoms with van der Waals surface area (Å²) in [4.78, 5) is 23.8. The van der Waals surface area contributed by atoms with Crippen LogP contribution in [0.5, 0.6) is 0 Å². The summed E-state index contributed by atoms with van der Waals surface area (Å²) < 4.78 is 7.19. The lowest BCUT2D eigenvalue weighted by Gasteiger charge is -2.37. The van der Waals surface area contributed by atoms with Gasteiger partial charge in [-0.25, -0.2) is 9.50 Å².